The second-order valence-corrected chi connectivity index (χ2v) is 7.58. The van der Waals surface area contributed by atoms with E-state index >= 15 is 0 Å². The molecule has 1 aromatic heterocycles. The van der Waals surface area contributed by atoms with Gasteiger partial charge in [-0.1, -0.05) is 26.0 Å². The second kappa shape index (κ2) is 7.79. The third-order valence-electron chi connectivity index (χ3n) is 5.31. The van der Waals surface area contributed by atoms with E-state index in [4.69, 9.17) is 9.47 Å². The van der Waals surface area contributed by atoms with Crippen LogP contribution in [0, 0.1) is 5.92 Å². The van der Waals surface area contributed by atoms with Crippen molar-refractivity contribution >= 4 is 28.7 Å². The number of H-pyrrole nitrogens is 1. The van der Waals surface area contributed by atoms with Gasteiger partial charge in [0.25, 0.3) is 5.91 Å². The standard InChI is InChI=1S/C23H23N3O5/c1-12(2)20(27)18-19(13-6-5-7-14(10-13)30-3)26(22(29)21(18)28)23-24-16-9-8-15(31-4)11-17(16)25-23/h5-12,19,28H,1-4H3,(H,24,25). The summed E-state index contributed by atoms with van der Waals surface area (Å²) in [6, 6.07) is 11.5. The molecule has 1 aliphatic rings. The summed E-state index contributed by atoms with van der Waals surface area (Å²) >= 11 is 0. The predicted molar refractivity (Wildman–Crippen MR) is 115 cm³/mol. The number of aliphatic hydroxyl groups excluding tert-OH is 1. The van der Waals surface area contributed by atoms with Crippen molar-refractivity contribution in [3.8, 4) is 11.5 Å². The topological polar surface area (TPSA) is 105 Å². The summed E-state index contributed by atoms with van der Waals surface area (Å²) in [5.74, 6) is -0.540. The number of methoxy groups -OCH3 is 2. The minimum absolute atomic E-state index is 0.0475. The number of amides is 1. The fourth-order valence-corrected chi connectivity index (χ4v) is 3.73. The number of fused-ring (bicyclic) bond motifs is 1. The van der Waals surface area contributed by atoms with Gasteiger partial charge in [-0.25, -0.2) is 4.98 Å². The molecule has 0 radical (unpaired) electrons. The van der Waals surface area contributed by atoms with Crippen molar-refractivity contribution in [1.29, 1.82) is 0 Å². The van der Waals surface area contributed by atoms with Crippen LogP contribution in [0.25, 0.3) is 11.0 Å². The molecule has 1 unspecified atom stereocenters. The smallest absolute Gasteiger partial charge is 0.296 e. The highest BCUT2D eigenvalue weighted by Gasteiger charge is 2.46. The van der Waals surface area contributed by atoms with Crippen molar-refractivity contribution in [2.24, 2.45) is 5.92 Å². The van der Waals surface area contributed by atoms with E-state index in [0.29, 0.717) is 28.1 Å². The first kappa shape index (κ1) is 20.5. The molecule has 0 spiro atoms. The molecule has 1 atom stereocenters. The number of Topliss-reactive ketones (excluding diaryl/α,β-unsaturated/α-hetero) is 1. The number of hydrogen-bond donors (Lipinski definition) is 2. The third kappa shape index (κ3) is 3.39. The third-order valence-corrected chi connectivity index (χ3v) is 5.31. The molecule has 2 N–H and O–H groups in total. The van der Waals surface area contributed by atoms with Gasteiger partial charge in [0.05, 0.1) is 36.9 Å². The molecule has 1 aliphatic heterocycles. The quantitative estimate of drug-likeness (QED) is 0.629. The average molecular weight is 421 g/mol. The van der Waals surface area contributed by atoms with E-state index in [1.165, 1.54) is 12.0 Å². The van der Waals surface area contributed by atoms with Gasteiger partial charge in [-0.2, -0.15) is 0 Å². The first-order valence-electron chi connectivity index (χ1n) is 9.84. The number of aromatic amines is 1. The van der Waals surface area contributed by atoms with Crippen LogP contribution in [0.2, 0.25) is 0 Å². The summed E-state index contributed by atoms with van der Waals surface area (Å²) in [4.78, 5) is 35.1. The lowest BCUT2D eigenvalue weighted by Crippen LogP contribution is -2.32. The highest BCUT2D eigenvalue weighted by molar-refractivity contribution is 6.16. The van der Waals surface area contributed by atoms with Gasteiger partial charge in [-0.05, 0) is 29.8 Å². The molecule has 0 fully saturated rings. The number of ether oxygens (including phenoxy) is 2. The van der Waals surface area contributed by atoms with Gasteiger partial charge >= 0.3 is 0 Å². The highest BCUT2D eigenvalue weighted by atomic mass is 16.5. The highest BCUT2D eigenvalue weighted by Crippen LogP contribution is 2.42. The first-order chi connectivity index (χ1) is 14.8. The number of rotatable bonds is 6. The zero-order valence-corrected chi connectivity index (χ0v) is 17.7. The van der Waals surface area contributed by atoms with Crippen LogP contribution in [-0.4, -0.2) is 41.0 Å². The van der Waals surface area contributed by atoms with Gasteiger partial charge in [0.15, 0.2) is 11.5 Å². The van der Waals surface area contributed by atoms with Crippen molar-refractivity contribution in [2.75, 3.05) is 19.1 Å². The molecular weight excluding hydrogens is 398 g/mol. The minimum Gasteiger partial charge on any atom is -0.503 e. The number of ketones is 1. The van der Waals surface area contributed by atoms with Crippen LogP contribution in [0.5, 0.6) is 11.5 Å². The monoisotopic (exact) mass is 421 g/mol. The van der Waals surface area contributed by atoms with E-state index in [-0.39, 0.29) is 17.3 Å². The predicted octanol–water partition coefficient (Wildman–Crippen LogP) is 3.71. The van der Waals surface area contributed by atoms with Gasteiger partial charge in [-0.15, -0.1) is 0 Å². The number of imidazole rings is 1. The van der Waals surface area contributed by atoms with E-state index in [1.54, 1.807) is 63.4 Å². The van der Waals surface area contributed by atoms with Crippen LogP contribution in [0.1, 0.15) is 25.5 Å². The Morgan fingerprint density at radius 3 is 2.52 bits per heavy atom. The zero-order chi connectivity index (χ0) is 22.3. The Hall–Kier alpha value is -3.81. The lowest BCUT2D eigenvalue weighted by atomic mass is 9.91. The van der Waals surface area contributed by atoms with Gasteiger partial charge in [0.1, 0.15) is 11.5 Å². The largest absolute Gasteiger partial charge is 0.503 e. The van der Waals surface area contributed by atoms with E-state index in [0.717, 1.165) is 0 Å². The average Bonchev–Trinajstić information content (AvgIpc) is 3.31. The van der Waals surface area contributed by atoms with Crippen LogP contribution in [-0.2, 0) is 9.59 Å². The lowest BCUT2D eigenvalue weighted by molar-refractivity contribution is -0.119. The molecule has 1 amide bonds. The summed E-state index contributed by atoms with van der Waals surface area (Å²) in [5.41, 5.74) is 1.95. The van der Waals surface area contributed by atoms with Crippen LogP contribution >= 0.6 is 0 Å². The van der Waals surface area contributed by atoms with E-state index in [2.05, 4.69) is 9.97 Å². The molecule has 160 valence electrons. The Morgan fingerprint density at radius 1 is 1.13 bits per heavy atom. The molecule has 0 saturated carbocycles. The van der Waals surface area contributed by atoms with Crippen LogP contribution < -0.4 is 14.4 Å². The molecule has 8 nitrogen and oxygen atoms in total. The summed E-state index contributed by atoms with van der Waals surface area (Å²) in [6.45, 7) is 3.46. The molecule has 31 heavy (non-hydrogen) atoms. The number of hydrogen-bond acceptors (Lipinski definition) is 6. The van der Waals surface area contributed by atoms with Crippen LogP contribution in [0.3, 0.4) is 0 Å². The Balaban J connectivity index is 1.89. The van der Waals surface area contributed by atoms with E-state index in [9.17, 15) is 14.7 Å². The van der Waals surface area contributed by atoms with Crippen molar-refractivity contribution in [2.45, 2.75) is 19.9 Å². The summed E-state index contributed by atoms with van der Waals surface area (Å²) in [6.07, 6.45) is 0. The number of anilines is 1. The normalized spacial score (nSPS) is 16.5. The van der Waals surface area contributed by atoms with E-state index in [1.807, 2.05) is 0 Å². The molecule has 2 heterocycles. The molecule has 0 saturated heterocycles. The fourth-order valence-electron chi connectivity index (χ4n) is 3.73. The maximum Gasteiger partial charge on any atom is 0.296 e. The summed E-state index contributed by atoms with van der Waals surface area (Å²) < 4.78 is 10.6. The van der Waals surface area contributed by atoms with Gasteiger partial charge in [0, 0.05) is 12.0 Å². The second-order valence-electron chi connectivity index (χ2n) is 7.58. The molecule has 8 heteroatoms. The molecule has 3 aromatic rings. The summed E-state index contributed by atoms with van der Waals surface area (Å²) in [7, 11) is 3.10. The van der Waals surface area contributed by atoms with Crippen molar-refractivity contribution in [3.63, 3.8) is 0 Å². The number of aromatic nitrogens is 2. The Bertz CT molecular complexity index is 1210. The van der Waals surface area contributed by atoms with Crippen LogP contribution in [0.15, 0.2) is 53.8 Å². The number of benzene rings is 2. The van der Waals surface area contributed by atoms with Gasteiger partial charge < -0.3 is 19.6 Å². The summed E-state index contributed by atoms with van der Waals surface area (Å²) in [5, 5.41) is 10.7. The molecule has 0 aliphatic carbocycles. The molecule has 4 rings (SSSR count). The molecule has 2 aromatic carbocycles. The number of nitrogens with zero attached hydrogens (tertiary/aromatic N) is 2. The van der Waals surface area contributed by atoms with Gasteiger partial charge in [-0.3, -0.25) is 14.5 Å². The zero-order valence-electron chi connectivity index (χ0n) is 17.7. The van der Waals surface area contributed by atoms with Crippen LogP contribution in [0.4, 0.5) is 5.95 Å². The lowest BCUT2D eigenvalue weighted by Gasteiger charge is -2.25. The SMILES string of the molecule is COc1cccc(C2C(C(=O)C(C)C)=C(O)C(=O)N2c2nc3ccc(OC)cc3[nH]2)c1. The van der Waals surface area contributed by atoms with Crippen molar-refractivity contribution in [1.82, 2.24) is 9.97 Å². The van der Waals surface area contributed by atoms with Gasteiger partial charge in [0.2, 0.25) is 5.95 Å². The number of carbonyl (C=O) groups excluding carboxylic acids is 2. The molecular formula is C23H23N3O5. The maximum atomic E-state index is 13.1. The Morgan fingerprint density at radius 2 is 1.84 bits per heavy atom. The minimum atomic E-state index is -0.847. The number of nitrogens with one attached hydrogen (secondary N) is 1. The van der Waals surface area contributed by atoms with Crippen molar-refractivity contribution < 1.29 is 24.2 Å². The first-order valence-corrected chi connectivity index (χ1v) is 9.84. The van der Waals surface area contributed by atoms with Crippen molar-refractivity contribution in [3.05, 3.63) is 59.4 Å². The number of carbonyl (C=O) groups is 2. The van der Waals surface area contributed by atoms with E-state index < -0.39 is 23.6 Å². The fraction of sp³-hybridized carbons (Fsp3) is 0.261. The molecule has 0 bridgehead atoms. The maximum absolute atomic E-state index is 13.1. The number of aliphatic hydroxyl groups is 1. The Kier molecular flexibility index (Phi) is 5.14. The Labute approximate surface area is 179 Å².